The van der Waals surface area contributed by atoms with Gasteiger partial charge in [0.05, 0.1) is 40.3 Å². The Kier molecular flexibility index (Phi) is 10.1. The van der Waals surface area contributed by atoms with Crippen molar-refractivity contribution in [3.63, 3.8) is 0 Å². The first-order chi connectivity index (χ1) is 30.6. The number of nitrogens with zero attached hydrogens (tertiary/aromatic N) is 6. The standard InChI is InChI=1S/C47H45N7O10/c1-6-27-29-17-26(55)11-12-33(29)49-41-31(27)21-53-35(41)19-32-42(45(53)61)63-22-39(58)47(32,7-2)64-40(59)9-8-14-48-44(60)36-16-24-15-25(10-13-34(24)52(36)5)54-43(50-51-46(54)62)30-18-28(23(3)4)37(56)20-38(30)57/h10-13,15-20,23,55-57H,6-9,14,21-22H2,1-5H3,(H,48,60)(H,51,62). The van der Waals surface area contributed by atoms with Crippen LogP contribution in [-0.4, -0.2) is 80.1 Å². The Labute approximate surface area is 365 Å². The number of ether oxygens (including phenoxy) is 2. The molecule has 17 nitrogen and oxygen atoms in total. The lowest BCUT2D eigenvalue weighted by molar-refractivity contribution is -0.172. The van der Waals surface area contributed by atoms with Crippen molar-refractivity contribution in [1.29, 1.82) is 0 Å². The molecule has 0 saturated heterocycles. The highest BCUT2D eigenvalue weighted by molar-refractivity contribution is 5.99. The highest BCUT2D eigenvalue weighted by atomic mass is 16.6. The number of rotatable bonds is 11. The Balaban J connectivity index is 0.909. The predicted octanol–water partition coefficient (Wildman–Crippen LogP) is 5.99. The summed E-state index contributed by atoms with van der Waals surface area (Å²) in [5.41, 5.74) is 3.68. The van der Waals surface area contributed by atoms with E-state index in [1.165, 1.54) is 10.6 Å². The summed E-state index contributed by atoms with van der Waals surface area (Å²) in [5, 5.41) is 54.3. The van der Waals surface area contributed by atoms with Crippen molar-refractivity contribution in [2.45, 2.75) is 71.4 Å². The summed E-state index contributed by atoms with van der Waals surface area (Å²) in [4.78, 5) is 59.6. The van der Waals surface area contributed by atoms with Crippen molar-refractivity contribution in [3.8, 4) is 57.5 Å². The number of pyridine rings is 2. The Bertz CT molecular complexity index is 3180. The number of carbonyl (C=O) groups is 3. The second kappa shape index (κ2) is 15.6. The lowest BCUT2D eigenvalue weighted by Crippen LogP contribution is -2.48. The molecule has 0 fully saturated rings. The molecule has 5 N–H and O–H groups in total. The SMILES string of the molecule is CCc1c2c(nc3ccc(O)cc13)-c1cc3c(c(=O)n1C2)OCC(=O)C3(CC)OC(=O)CCCNC(=O)c1cc2cc(-n3c(O)nnc3-c3cc(C(C)C)c(O)cc3O)ccc2n1C. The normalized spacial score (nSPS) is 15.3. The van der Waals surface area contributed by atoms with Gasteiger partial charge in [-0.3, -0.25) is 23.7 Å². The molecule has 7 aromatic rings. The van der Waals surface area contributed by atoms with Gasteiger partial charge in [-0.15, -0.1) is 5.10 Å². The lowest BCUT2D eigenvalue weighted by atomic mass is 9.84. The molecule has 64 heavy (non-hydrogen) atoms. The van der Waals surface area contributed by atoms with E-state index < -0.39 is 41.4 Å². The second-order valence-electron chi connectivity index (χ2n) is 16.4. The molecule has 3 aromatic carbocycles. The number of nitrogens with one attached hydrogen (secondary N) is 1. The van der Waals surface area contributed by atoms with E-state index in [1.54, 1.807) is 77.7 Å². The number of hydrogen-bond donors (Lipinski definition) is 5. The Morgan fingerprint density at radius 3 is 2.52 bits per heavy atom. The summed E-state index contributed by atoms with van der Waals surface area (Å²) < 4.78 is 16.4. The molecule has 4 aromatic heterocycles. The number of phenols is 3. The van der Waals surface area contributed by atoms with E-state index in [2.05, 4.69) is 15.5 Å². The number of hydrogen-bond acceptors (Lipinski definition) is 13. The maximum atomic E-state index is 14.0. The van der Waals surface area contributed by atoms with Crippen molar-refractivity contribution in [2.75, 3.05) is 13.2 Å². The van der Waals surface area contributed by atoms with Crippen molar-refractivity contribution < 1.29 is 44.3 Å². The molecule has 9 rings (SSSR count). The summed E-state index contributed by atoms with van der Waals surface area (Å²) in [7, 11) is 1.73. The highest BCUT2D eigenvalue weighted by Gasteiger charge is 2.49. The first-order valence-corrected chi connectivity index (χ1v) is 21.0. The molecular formula is C47H45N7O10. The molecule has 0 spiro atoms. The molecule has 1 unspecified atom stereocenters. The fourth-order valence-corrected chi connectivity index (χ4v) is 9.09. The van der Waals surface area contributed by atoms with E-state index in [0.717, 1.165) is 16.5 Å². The van der Waals surface area contributed by atoms with Gasteiger partial charge in [-0.25, -0.2) is 9.55 Å². The molecule has 6 heterocycles. The Hall–Kier alpha value is -7.69. The van der Waals surface area contributed by atoms with E-state index in [4.69, 9.17) is 14.5 Å². The average molecular weight is 868 g/mol. The molecule has 0 saturated carbocycles. The zero-order valence-electron chi connectivity index (χ0n) is 35.7. The third kappa shape index (κ3) is 6.57. The number of esters is 1. The van der Waals surface area contributed by atoms with Crippen LogP contribution < -0.4 is 15.6 Å². The van der Waals surface area contributed by atoms with Gasteiger partial charge < -0.3 is 39.8 Å². The predicted molar refractivity (Wildman–Crippen MR) is 234 cm³/mol. The van der Waals surface area contributed by atoms with Crippen molar-refractivity contribution >= 4 is 39.5 Å². The van der Waals surface area contributed by atoms with Crippen LogP contribution in [0.15, 0.2) is 65.5 Å². The van der Waals surface area contributed by atoms with Gasteiger partial charge in [-0.05, 0) is 90.9 Å². The van der Waals surface area contributed by atoms with Crippen LogP contribution in [0.3, 0.4) is 0 Å². The minimum Gasteiger partial charge on any atom is -0.508 e. The number of phenolic OH excluding ortho intramolecular Hbond substituents is 3. The number of aromatic nitrogens is 6. The number of benzene rings is 3. The number of ketones is 1. The number of aromatic hydroxyl groups is 4. The van der Waals surface area contributed by atoms with Crippen molar-refractivity contribution in [1.82, 2.24) is 34.2 Å². The first-order valence-electron chi connectivity index (χ1n) is 21.0. The number of fused-ring (bicyclic) bond motifs is 6. The summed E-state index contributed by atoms with van der Waals surface area (Å²) >= 11 is 0. The zero-order chi connectivity index (χ0) is 45.4. The summed E-state index contributed by atoms with van der Waals surface area (Å²) in [6.07, 6.45) is 0.707. The van der Waals surface area contributed by atoms with Crippen LogP contribution in [0, 0.1) is 0 Å². The molecule has 2 aliphatic heterocycles. The summed E-state index contributed by atoms with van der Waals surface area (Å²) in [5.74, 6) is -1.80. The molecule has 0 radical (unpaired) electrons. The van der Waals surface area contributed by atoms with E-state index in [0.29, 0.717) is 51.2 Å². The van der Waals surface area contributed by atoms with Crippen LogP contribution in [0.25, 0.3) is 50.3 Å². The monoisotopic (exact) mass is 867 g/mol. The first kappa shape index (κ1) is 41.7. The number of Topliss-reactive ketones (excluding diaryl/α,β-unsaturated/α-hetero) is 1. The molecule has 328 valence electrons. The van der Waals surface area contributed by atoms with Crippen LogP contribution in [0.1, 0.15) is 85.6 Å². The number of amides is 1. The number of carbonyl (C=O) groups excluding carboxylic acids is 3. The largest absolute Gasteiger partial charge is 0.508 e. The fraction of sp³-hybridized carbons (Fsp3) is 0.298. The molecule has 0 aliphatic carbocycles. The van der Waals surface area contributed by atoms with E-state index in [9.17, 15) is 39.6 Å². The Morgan fingerprint density at radius 2 is 1.77 bits per heavy atom. The quantitative estimate of drug-likeness (QED) is 0.0743. The van der Waals surface area contributed by atoms with Gasteiger partial charge in [-0.1, -0.05) is 32.8 Å². The zero-order valence-corrected chi connectivity index (χ0v) is 35.7. The van der Waals surface area contributed by atoms with Crippen LogP contribution in [0.4, 0.5) is 0 Å². The smallest absolute Gasteiger partial charge is 0.319 e. The lowest BCUT2D eigenvalue weighted by Gasteiger charge is -2.36. The molecular weight excluding hydrogens is 823 g/mol. The molecule has 2 aliphatic rings. The molecule has 1 amide bonds. The van der Waals surface area contributed by atoms with Gasteiger partial charge in [0.2, 0.25) is 11.4 Å². The molecule has 1 atom stereocenters. The summed E-state index contributed by atoms with van der Waals surface area (Å²) in [6, 6.07) is 15.9. The summed E-state index contributed by atoms with van der Waals surface area (Å²) in [6.45, 7) is 7.36. The van der Waals surface area contributed by atoms with Crippen molar-refractivity contribution in [2.24, 2.45) is 7.05 Å². The minimum atomic E-state index is -1.78. The molecule has 17 heteroatoms. The maximum Gasteiger partial charge on any atom is 0.319 e. The van der Waals surface area contributed by atoms with Gasteiger partial charge in [-0.2, -0.15) is 0 Å². The van der Waals surface area contributed by atoms with Crippen molar-refractivity contribution in [3.05, 3.63) is 99.0 Å². The van der Waals surface area contributed by atoms with Crippen LogP contribution in [-0.2, 0) is 39.9 Å². The van der Waals surface area contributed by atoms with Gasteiger partial charge in [0.25, 0.3) is 11.5 Å². The van der Waals surface area contributed by atoms with Crippen LogP contribution in [0.2, 0.25) is 0 Å². The van der Waals surface area contributed by atoms with Crippen LogP contribution >= 0.6 is 0 Å². The van der Waals surface area contributed by atoms with Gasteiger partial charge >= 0.3 is 12.0 Å². The Morgan fingerprint density at radius 1 is 0.969 bits per heavy atom. The highest BCUT2D eigenvalue weighted by Crippen LogP contribution is 2.44. The molecule has 0 bridgehead atoms. The maximum absolute atomic E-state index is 14.0. The van der Waals surface area contributed by atoms with Crippen LogP contribution in [0.5, 0.6) is 29.0 Å². The average Bonchev–Trinajstić information content (AvgIpc) is 3.94. The number of aryl methyl sites for hydroxylation is 2. The van der Waals surface area contributed by atoms with E-state index in [1.807, 2.05) is 20.8 Å². The minimum absolute atomic E-state index is 0.0461. The third-order valence-electron chi connectivity index (χ3n) is 12.4. The third-order valence-corrected chi connectivity index (χ3v) is 12.4. The van der Waals surface area contributed by atoms with E-state index >= 15 is 0 Å². The van der Waals surface area contributed by atoms with Gasteiger partial charge in [0.15, 0.2) is 18.2 Å². The van der Waals surface area contributed by atoms with Gasteiger partial charge in [0, 0.05) is 47.9 Å². The van der Waals surface area contributed by atoms with E-state index in [-0.39, 0.29) is 78.2 Å². The fourth-order valence-electron chi connectivity index (χ4n) is 9.09. The topological polar surface area (TPSA) is 233 Å². The van der Waals surface area contributed by atoms with Gasteiger partial charge in [0.1, 0.15) is 22.9 Å². The second-order valence-corrected chi connectivity index (χ2v) is 16.4.